The molecule has 212 valence electrons. The van der Waals surface area contributed by atoms with Crippen LogP contribution in [0.1, 0.15) is 37.0 Å². The zero-order valence-corrected chi connectivity index (χ0v) is 24.0. The van der Waals surface area contributed by atoms with Crippen molar-refractivity contribution in [3.63, 3.8) is 0 Å². The van der Waals surface area contributed by atoms with E-state index >= 15 is 4.39 Å². The Labute approximate surface area is 240 Å². The van der Waals surface area contributed by atoms with E-state index in [4.69, 9.17) is 15.5 Å². The molecule has 12 heteroatoms. The van der Waals surface area contributed by atoms with Crippen molar-refractivity contribution in [3.05, 3.63) is 40.7 Å². The molecule has 9 nitrogen and oxygen atoms in total. The van der Waals surface area contributed by atoms with Crippen LogP contribution in [0.5, 0.6) is 0 Å². The first-order chi connectivity index (χ1) is 19.7. The number of piperazine rings is 1. The highest BCUT2D eigenvalue weighted by Gasteiger charge is 2.37. The number of pyridine rings is 1. The number of nitrogens with zero attached hydrogens (tertiary/aromatic N) is 7. The normalized spacial score (nSPS) is 21.2. The highest BCUT2D eigenvalue weighted by molar-refractivity contribution is 7.23. The van der Waals surface area contributed by atoms with Gasteiger partial charge in [-0.25, -0.2) is 18.7 Å². The lowest BCUT2D eigenvalue weighted by atomic mass is 9.94. The fourth-order valence-electron chi connectivity index (χ4n) is 6.50. The Kier molecular flexibility index (Phi) is 6.13. The van der Waals surface area contributed by atoms with E-state index in [2.05, 4.69) is 51.6 Å². The van der Waals surface area contributed by atoms with Gasteiger partial charge in [-0.3, -0.25) is 14.8 Å². The van der Waals surface area contributed by atoms with Gasteiger partial charge in [-0.2, -0.15) is 5.26 Å². The number of benzene rings is 1. The van der Waals surface area contributed by atoms with E-state index < -0.39 is 11.6 Å². The van der Waals surface area contributed by atoms with Crippen molar-refractivity contribution in [1.29, 1.82) is 5.26 Å². The van der Waals surface area contributed by atoms with E-state index in [-0.39, 0.29) is 56.2 Å². The Balaban J connectivity index is 1.31. The number of likely N-dealkylation sites (N-methyl/N-ethyl adjacent to an activating group) is 1. The standard InChI is InChI=1S/C29H30F2N8OS/c1-29(2)14-39(7-6-37(29)3)15-4-5-38(11-15)28-35-9-17-18-12-40-13-19(18)21(23(31)24(17)36-28)25-22-16(8-32)27(33)41-26(22)20(30)10-34-25/h9-10,15H,4-7,11-14,33H2,1-3H3/t15-/m1/s1. The van der Waals surface area contributed by atoms with Gasteiger partial charge in [0.25, 0.3) is 0 Å². The van der Waals surface area contributed by atoms with E-state index in [1.165, 1.54) is 0 Å². The summed E-state index contributed by atoms with van der Waals surface area (Å²) in [5.41, 5.74) is 8.15. The summed E-state index contributed by atoms with van der Waals surface area (Å²) in [7, 11) is 2.17. The van der Waals surface area contributed by atoms with Gasteiger partial charge in [-0.05, 0) is 38.4 Å². The summed E-state index contributed by atoms with van der Waals surface area (Å²) in [4.78, 5) is 20.8. The van der Waals surface area contributed by atoms with Crippen LogP contribution in [0.15, 0.2) is 12.4 Å². The minimum atomic E-state index is -0.604. The van der Waals surface area contributed by atoms with Crippen molar-refractivity contribution >= 4 is 43.3 Å². The van der Waals surface area contributed by atoms with Gasteiger partial charge < -0.3 is 15.4 Å². The maximum absolute atomic E-state index is 16.6. The molecule has 0 amide bonds. The molecule has 2 N–H and O–H groups in total. The summed E-state index contributed by atoms with van der Waals surface area (Å²) in [6.45, 7) is 9.55. The Morgan fingerprint density at radius 1 is 1.15 bits per heavy atom. The molecule has 2 fully saturated rings. The molecule has 7 rings (SSSR count). The first-order valence-corrected chi connectivity index (χ1v) is 14.5. The number of nitrogens with two attached hydrogens (primary N) is 1. The number of anilines is 2. The number of ether oxygens (including phenoxy) is 1. The Bertz CT molecular complexity index is 1770. The summed E-state index contributed by atoms with van der Waals surface area (Å²) in [6.07, 6.45) is 3.72. The lowest BCUT2D eigenvalue weighted by molar-refractivity contribution is 0.0213. The second kappa shape index (κ2) is 9.52. The molecule has 2 saturated heterocycles. The minimum absolute atomic E-state index is 0.0951. The number of hydrogen-bond donors (Lipinski definition) is 1. The second-order valence-corrected chi connectivity index (χ2v) is 12.8. The zero-order chi connectivity index (χ0) is 28.6. The molecule has 6 heterocycles. The number of rotatable bonds is 3. The number of aromatic nitrogens is 3. The van der Waals surface area contributed by atoms with Gasteiger partial charge in [0.05, 0.1) is 35.4 Å². The van der Waals surface area contributed by atoms with Gasteiger partial charge in [-0.15, -0.1) is 11.3 Å². The summed E-state index contributed by atoms with van der Waals surface area (Å²) in [5, 5.41) is 10.8. The van der Waals surface area contributed by atoms with E-state index in [0.29, 0.717) is 22.9 Å². The maximum Gasteiger partial charge on any atom is 0.226 e. The van der Waals surface area contributed by atoms with E-state index in [1.807, 2.05) is 0 Å². The average molecular weight is 577 g/mol. The Morgan fingerprint density at radius 2 is 1.95 bits per heavy atom. The number of fused-ring (bicyclic) bond motifs is 4. The van der Waals surface area contributed by atoms with E-state index in [1.54, 1.807) is 6.20 Å². The Morgan fingerprint density at radius 3 is 2.73 bits per heavy atom. The van der Waals surface area contributed by atoms with Gasteiger partial charge in [0, 0.05) is 66.8 Å². The molecule has 1 atom stereocenters. The summed E-state index contributed by atoms with van der Waals surface area (Å²) < 4.78 is 37.3. The van der Waals surface area contributed by atoms with Gasteiger partial charge in [0.1, 0.15) is 16.6 Å². The number of thiophene rings is 1. The SMILES string of the molecule is CN1CCN([C@@H]2CCN(c3ncc4c5c(c(-c6ncc(F)c7sc(N)c(C#N)c67)c(F)c4n3)COC5)C2)CC1(C)C. The molecule has 0 unspecified atom stereocenters. The molecule has 41 heavy (non-hydrogen) atoms. The molecule has 4 aromatic rings. The first-order valence-electron chi connectivity index (χ1n) is 13.7. The van der Waals surface area contributed by atoms with E-state index in [9.17, 15) is 9.65 Å². The van der Waals surface area contributed by atoms with Gasteiger partial charge in [0.15, 0.2) is 11.6 Å². The van der Waals surface area contributed by atoms with Crippen LogP contribution in [-0.4, -0.2) is 76.1 Å². The molecule has 0 saturated carbocycles. The number of hydrogen-bond acceptors (Lipinski definition) is 10. The smallest absolute Gasteiger partial charge is 0.226 e. The van der Waals surface area contributed by atoms with E-state index in [0.717, 1.165) is 62.2 Å². The Hall–Kier alpha value is -3.50. The molecular weight excluding hydrogens is 546 g/mol. The highest BCUT2D eigenvalue weighted by Crippen LogP contribution is 2.45. The molecule has 3 aliphatic rings. The van der Waals surface area contributed by atoms with Crippen molar-refractivity contribution in [2.24, 2.45) is 0 Å². The minimum Gasteiger partial charge on any atom is -0.389 e. The van der Waals surface area contributed by atoms with Crippen molar-refractivity contribution in [1.82, 2.24) is 24.8 Å². The molecule has 3 aliphatic heterocycles. The van der Waals surface area contributed by atoms with Crippen LogP contribution in [0.4, 0.5) is 19.7 Å². The lowest BCUT2D eigenvalue weighted by Crippen LogP contribution is -2.60. The van der Waals surface area contributed by atoms with Crippen molar-refractivity contribution < 1.29 is 13.5 Å². The van der Waals surface area contributed by atoms with Crippen molar-refractivity contribution in [2.45, 2.75) is 45.1 Å². The molecule has 0 radical (unpaired) electrons. The first kappa shape index (κ1) is 26.4. The third kappa shape index (κ3) is 4.06. The average Bonchev–Trinajstić information content (AvgIpc) is 3.70. The zero-order valence-electron chi connectivity index (χ0n) is 23.2. The fraction of sp³-hybridized carbons (Fsp3) is 0.448. The maximum atomic E-state index is 16.6. The molecule has 0 aliphatic carbocycles. The number of nitriles is 1. The largest absolute Gasteiger partial charge is 0.389 e. The van der Waals surface area contributed by atoms with Crippen LogP contribution in [0.25, 0.3) is 32.2 Å². The predicted molar refractivity (Wildman–Crippen MR) is 155 cm³/mol. The number of halogens is 2. The van der Waals surface area contributed by atoms with Crippen LogP contribution < -0.4 is 10.6 Å². The lowest BCUT2D eigenvalue weighted by Gasteiger charge is -2.47. The van der Waals surface area contributed by atoms with Crippen LogP contribution in [-0.2, 0) is 18.0 Å². The molecular formula is C29H30F2N8OS. The van der Waals surface area contributed by atoms with Crippen LogP contribution >= 0.6 is 11.3 Å². The van der Waals surface area contributed by atoms with Gasteiger partial charge >= 0.3 is 0 Å². The van der Waals surface area contributed by atoms with Crippen LogP contribution in [0.2, 0.25) is 0 Å². The number of nitrogen functional groups attached to an aromatic ring is 1. The van der Waals surface area contributed by atoms with Crippen LogP contribution in [0, 0.1) is 23.0 Å². The molecule has 0 spiro atoms. The molecule has 0 bridgehead atoms. The second-order valence-electron chi connectivity index (χ2n) is 11.8. The molecule has 1 aromatic carbocycles. The highest BCUT2D eigenvalue weighted by atomic mass is 32.1. The fourth-order valence-corrected chi connectivity index (χ4v) is 7.42. The monoisotopic (exact) mass is 576 g/mol. The third-order valence-corrected chi connectivity index (χ3v) is 10.1. The summed E-state index contributed by atoms with van der Waals surface area (Å²) in [6, 6.07) is 2.43. The summed E-state index contributed by atoms with van der Waals surface area (Å²) >= 11 is 0.960. The van der Waals surface area contributed by atoms with Gasteiger partial charge in [-0.1, -0.05) is 0 Å². The van der Waals surface area contributed by atoms with Crippen LogP contribution in [0.3, 0.4) is 0 Å². The topological polar surface area (TPSA) is 107 Å². The predicted octanol–water partition coefficient (Wildman–Crippen LogP) is 4.27. The quantitative estimate of drug-likeness (QED) is 0.383. The van der Waals surface area contributed by atoms with Crippen molar-refractivity contribution in [2.75, 3.05) is 50.4 Å². The third-order valence-electron chi connectivity index (χ3n) is 9.04. The summed E-state index contributed by atoms with van der Waals surface area (Å²) in [5.74, 6) is -0.710. The van der Waals surface area contributed by atoms with Gasteiger partial charge in [0.2, 0.25) is 5.95 Å². The molecule has 3 aromatic heterocycles. The van der Waals surface area contributed by atoms with Crippen molar-refractivity contribution in [3.8, 4) is 17.3 Å².